The number of hydrogen-bond donors (Lipinski definition) is 2. The number of anilines is 1. The van der Waals surface area contributed by atoms with E-state index in [1.807, 2.05) is 0 Å². The Hall–Kier alpha value is -0.660. The number of hydrogen-bond acceptors (Lipinski definition) is 5. The average molecular weight is 321 g/mol. The zero-order chi connectivity index (χ0) is 12.5. The highest BCUT2D eigenvalue weighted by Crippen LogP contribution is 2.24. The van der Waals surface area contributed by atoms with Crippen LogP contribution in [0.1, 0.15) is 6.42 Å². The Bertz CT molecular complexity index is 520. The van der Waals surface area contributed by atoms with Gasteiger partial charge in [0.1, 0.15) is 5.82 Å². The molecule has 1 aliphatic rings. The van der Waals surface area contributed by atoms with E-state index in [2.05, 4.69) is 26.2 Å². The zero-order valence-corrected chi connectivity index (χ0v) is 11.5. The van der Waals surface area contributed by atoms with E-state index < -0.39 is 15.4 Å². The summed E-state index contributed by atoms with van der Waals surface area (Å²) in [6, 6.07) is 3.56. The molecule has 0 saturated carbocycles. The fraction of sp³-hybridized carbons (Fsp3) is 0.500. The molecule has 1 aromatic rings. The Labute approximate surface area is 108 Å². The van der Waals surface area contributed by atoms with Gasteiger partial charge in [-0.2, -0.15) is 0 Å². The molecule has 0 amide bonds. The third-order valence-electron chi connectivity index (χ3n) is 2.69. The summed E-state index contributed by atoms with van der Waals surface area (Å²) in [5.41, 5.74) is -1.18. The topological polar surface area (TPSA) is 79.3 Å². The summed E-state index contributed by atoms with van der Waals surface area (Å²) in [5.74, 6) is 0.482. The Morgan fingerprint density at radius 2 is 2.35 bits per heavy atom. The van der Waals surface area contributed by atoms with E-state index in [0.717, 1.165) is 4.47 Å². The number of nitrogens with zero attached hydrogens (tertiary/aromatic N) is 1. The van der Waals surface area contributed by atoms with Crippen molar-refractivity contribution >= 4 is 31.6 Å². The maximum absolute atomic E-state index is 11.3. The molecule has 1 fully saturated rings. The minimum Gasteiger partial charge on any atom is -0.387 e. The first-order valence-corrected chi connectivity index (χ1v) is 7.78. The second-order valence-electron chi connectivity index (χ2n) is 4.28. The number of rotatable bonds is 3. The molecular weight excluding hydrogens is 308 g/mol. The van der Waals surface area contributed by atoms with E-state index in [1.165, 1.54) is 0 Å². The van der Waals surface area contributed by atoms with Crippen molar-refractivity contribution in [2.75, 3.05) is 23.4 Å². The third-order valence-corrected chi connectivity index (χ3v) is 4.98. The van der Waals surface area contributed by atoms with Crippen LogP contribution in [0.25, 0.3) is 0 Å². The molecule has 2 rings (SSSR count). The Kier molecular flexibility index (Phi) is 3.42. The molecule has 17 heavy (non-hydrogen) atoms. The standard InChI is InChI=1S/C10H13BrN2O3S/c11-8-1-3-12-9(5-8)13-6-10(14)2-4-17(15,16)7-10/h1,3,5,14H,2,4,6-7H2,(H,12,13). The van der Waals surface area contributed by atoms with Crippen LogP contribution < -0.4 is 5.32 Å². The number of nitrogens with one attached hydrogen (secondary N) is 1. The fourth-order valence-electron chi connectivity index (χ4n) is 1.80. The molecule has 1 atom stereocenters. The molecule has 2 heterocycles. The van der Waals surface area contributed by atoms with E-state index in [-0.39, 0.29) is 24.5 Å². The van der Waals surface area contributed by atoms with Gasteiger partial charge in [-0.1, -0.05) is 15.9 Å². The lowest BCUT2D eigenvalue weighted by atomic mass is 10.0. The van der Waals surface area contributed by atoms with Gasteiger partial charge in [0.2, 0.25) is 0 Å². The first-order chi connectivity index (χ1) is 7.89. The van der Waals surface area contributed by atoms with Gasteiger partial charge in [-0.25, -0.2) is 13.4 Å². The quantitative estimate of drug-likeness (QED) is 0.861. The van der Waals surface area contributed by atoms with Gasteiger partial charge < -0.3 is 10.4 Å². The van der Waals surface area contributed by atoms with Crippen LogP contribution in [0.5, 0.6) is 0 Å². The van der Waals surface area contributed by atoms with Crippen LogP contribution in [0.2, 0.25) is 0 Å². The normalized spacial score (nSPS) is 26.9. The highest BCUT2D eigenvalue weighted by molar-refractivity contribution is 9.10. The van der Waals surface area contributed by atoms with E-state index >= 15 is 0 Å². The summed E-state index contributed by atoms with van der Waals surface area (Å²) in [5, 5.41) is 13.0. The predicted octanol–water partition coefficient (Wildman–Crippen LogP) is 0.806. The summed E-state index contributed by atoms with van der Waals surface area (Å²) in [7, 11) is -3.09. The molecule has 2 N–H and O–H groups in total. The van der Waals surface area contributed by atoms with Crippen molar-refractivity contribution < 1.29 is 13.5 Å². The minimum atomic E-state index is -3.09. The van der Waals surface area contributed by atoms with Crippen molar-refractivity contribution in [2.45, 2.75) is 12.0 Å². The summed E-state index contributed by atoms with van der Waals surface area (Å²) in [4.78, 5) is 4.07. The minimum absolute atomic E-state index is 0.0527. The van der Waals surface area contributed by atoms with E-state index in [9.17, 15) is 13.5 Å². The van der Waals surface area contributed by atoms with E-state index in [0.29, 0.717) is 5.82 Å². The van der Waals surface area contributed by atoms with Crippen molar-refractivity contribution in [3.05, 3.63) is 22.8 Å². The smallest absolute Gasteiger partial charge is 0.153 e. The fourth-order valence-corrected chi connectivity index (χ4v) is 4.03. The molecule has 0 bridgehead atoms. The van der Waals surface area contributed by atoms with Gasteiger partial charge in [0.15, 0.2) is 9.84 Å². The van der Waals surface area contributed by atoms with Crippen LogP contribution >= 0.6 is 15.9 Å². The molecule has 0 radical (unpaired) electrons. The highest BCUT2D eigenvalue weighted by atomic mass is 79.9. The maximum atomic E-state index is 11.3. The van der Waals surface area contributed by atoms with Gasteiger partial charge in [-0.15, -0.1) is 0 Å². The van der Waals surface area contributed by atoms with Crippen LogP contribution in [0.4, 0.5) is 5.82 Å². The Balaban J connectivity index is 1.99. The molecule has 1 unspecified atom stereocenters. The highest BCUT2D eigenvalue weighted by Gasteiger charge is 2.40. The van der Waals surface area contributed by atoms with Crippen molar-refractivity contribution in [3.8, 4) is 0 Å². The van der Waals surface area contributed by atoms with Gasteiger partial charge in [0.25, 0.3) is 0 Å². The van der Waals surface area contributed by atoms with Crippen molar-refractivity contribution in [1.82, 2.24) is 4.98 Å². The van der Waals surface area contributed by atoms with Gasteiger partial charge in [-0.3, -0.25) is 0 Å². The van der Waals surface area contributed by atoms with Crippen molar-refractivity contribution in [1.29, 1.82) is 0 Å². The zero-order valence-electron chi connectivity index (χ0n) is 9.06. The molecule has 0 aliphatic carbocycles. The lowest BCUT2D eigenvalue weighted by Gasteiger charge is -2.21. The molecule has 1 aromatic heterocycles. The van der Waals surface area contributed by atoms with Crippen LogP contribution in [0, 0.1) is 0 Å². The number of aromatic nitrogens is 1. The SMILES string of the molecule is O=S1(=O)CCC(O)(CNc2cc(Br)ccn2)C1. The second-order valence-corrected chi connectivity index (χ2v) is 7.38. The van der Waals surface area contributed by atoms with Crippen molar-refractivity contribution in [3.63, 3.8) is 0 Å². The van der Waals surface area contributed by atoms with Gasteiger partial charge in [0.05, 0.1) is 17.1 Å². The number of sulfone groups is 1. The Morgan fingerprint density at radius 3 is 2.94 bits per heavy atom. The third kappa shape index (κ3) is 3.40. The summed E-state index contributed by atoms with van der Waals surface area (Å²) in [6.45, 7) is 0.190. The van der Waals surface area contributed by atoms with E-state index in [4.69, 9.17) is 0 Å². The van der Waals surface area contributed by atoms with Gasteiger partial charge in [0, 0.05) is 17.2 Å². The predicted molar refractivity (Wildman–Crippen MR) is 68.6 cm³/mol. The molecule has 0 spiro atoms. The van der Waals surface area contributed by atoms with Crippen LogP contribution in [-0.2, 0) is 9.84 Å². The molecule has 94 valence electrons. The lowest BCUT2D eigenvalue weighted by molar-refractivity contribution is 0.0814. The Morgan fingerprint density at radius 1 is 1.59 bits per heavy atom. The summed E-state index contributed by atoms with van der Waals surface area (Å²) < 4.78 is 23.5. The van der Waals surface area contributed by atoms with Crippen LogP contribution in [0.3, 0.4) is 0 Å². The molecule has 7 heteroatoms. The summed E-state index contributed by atoms with van der Waals surface area (Å²) >= 11 is 3.31. The monoisotopic (exact) mass is 320 g/mol. The number of aliphatic hydroxyl groups is 1. The molecule has 0 aromatic carbocycles. The summed E-state index contributed by atoms with van der Waals surface area (Å²) in [6.07, 6.45) is 1.90. The van der Waals surface area contributed by atoms with E-state index in [1.54, 1.807) is 18.3 Å². The largest absolute Gasteiger partial charge is 0.387 e. The maximum Gasteiger partial charge on any atom is 0.153 e. The van der Waals surface area contributed by atoms with Crippen LogP contribution in [0.15, 0.2) is 22.8 Å². The van der Waals surface area contributed by atoms with Gasteiger partial charge >= 0.3 is 0 Å². The first-order valence-electron chi connectivity index (χ1n) is 5.17. The molecular formula is C10H13BrN2O3S. The molecule has 1 saturated heterocycles. The first kappa shape index (κ1) is 12.8. The van der Waals surface area contributed by atoms with Crippen molar-refractivity contribution in [2.24, 2.45) is 0 Å². The number of halogens is 1. The molecule has 1 aliphatic heterocycles. The van der Waals surface area contributed by atoms with Crippen LogP contribution in [-0.4, -0.2) is 42.2 Å². The molecule has 5 nitrogen and oxygen atoms in total. The average Bonchev–Trinajstić information content (AvgIpc) is 2.51. The second kappa shape index (κ2) is 4.55. The number of pyridine rings is 1. The lowest BCUT2D eigenvalue weighted by Crippen LogP contribution is -2.38. The van der Waals surface area contributed by atoms with Gasteiger partial charge in [-0.05, 0) is 18.6 Å².